The van der Waals surface area contributed by atoms with E-state index in [4.69, 9.17) is 18.3 Å². The van der Waals surface area contributed by atoms with Gasteiger partial charge in [-0.25, -0.2) is 8.42 Å². The zero-order chi connectivity index (χ0) is 20.7. The van der Waals surface area contributed by atoms with Gasteiger partial charge in [0.05, 0.1) is 11.2 Å². The van der Waals surface area contributed by atoms with Crippen LogP contribution in [0.5, 0.6) is 11.5 Å². The second-order valence-corrected chi connectivity index (χ2v) is 9.45. The predicted octanol–water partition coefficient (Wildman–Crippen LogP) is 3.77. The highest BCUT2D eigenvalue weighted by molar-refractivity contribution is 7.91. The van der Waals surface area contributed by atoms with Crippen LogP contribution in [0.4, 0.5) is 5.88 Å². The van der Waals surface area contributed by atoms with Crippen LogP contribution in [-0.2, 0) is 9.84 Å². The molecule has 0 spiro atoms. The molecular weight excluding hydrogens is 408 g/mol. The van der Waals surface area contributed by atoms with Gasteiger partial charge in [0.25, 0.3) is 5.89 Å². The van der Waals surface area contributed by atoms with E-state index in [0.717, 1.165) is 12.8 Å². The molecule has 1 fully saturated rings. The zero-order valence-corrected chi connectivity index (χ0v) is 17.4. The summed E-state index contributed by atoms with van der Waals surface area (Å²) in [7, 11) is -3.96. The number of oxazole rings is 1. The van der Waals surface area contributed by atoms with Gasteiger partial charge in [-0.05, 0) is 43.0 Å². The second-order valence-electron chi connectivity index (χ2n) is 7.59. The Hall–Kier alpha value is -2.94. The molecule has 0 bridgehead atoms. The van der Waals surface area contributed by atoms with Crippen LogP contribution in [0.25, 0.3) is 11.7 Å². The van der Waals surface area contributed by atoms with Crippen LogP contribution in [0.15, 0.2) is 55.4 Å². The molecule has 4 heterocycles. The van der Waals surface area contributed by atoms with Crippen molar-refractivity contribution in [3.05, 3.63) is 36.6 Å². The van der Waals surface area contributed by atoms with Gasteiger partial charge in [0.1, 0.15) is 13.2 Å². The number of furan rings is 1. The zero-order valence-electron chi connectivity index (χ0n) is 16.5. The number of nitrogens with zero attached hydrogens (tertiary/aromatic N) is 2. The Balaban J connectivity index is 1.59. The maximum atomic E-state index is 13.6. The van der Waals surface area contributed by atoms with Gasteiger partial charge in [0, 0.05) is 19.2 Å². The SMILES string of the molecule is CC1CCN(c2oc(-c3ccco3)nc2S(=O)(=O)c2ccc3c(c2)OCCO3)CC1. The minimum atomic E-state index is -3.96. The summed E-state index contributed by atoms with van der Waals surface area (Å²) in [5.41, 5.74) is 0. The highest BCUT2D eigenvalue weighted by Crippen LogP contribution is 2.39. The standard InChI is InChI=1S/C21H22N2O6S/c1-14-6-8-23(9-7-14)21-20(22-19(29-21)17-3-2-10-26-17)30(24,25)15-4-5-16-18(13-15)28-12-11-27-16/h2-5,10,13-14H,6-9,11-12H2,1H3. The fraction of sp³-hybridized carbons (Fsp3) is 0.381. The molecule has 0 amide bonds. The first kappa shape index (κ1) is 19.0. The third kappa shape index (κ3) is 3.32. The lowest BCUT2D eigenvalue weighted by Gasteiger charge is -2.30. The molecule has 30 heavy (non-hydrogen) atoms. The van der Waals surface area contributed by atoms with Crippen LogP contribution < -0.4 is 14.4 Å². The Morgan fingerprint density at radius 2 is 1.83 bits per heavy atom. The smallest absolute Gasteiger partial charge is 0.266 e. The molecule has 0 aliphatic carbocycles. The van der Waals surface area contributed by atoms with Crippen LogP contribution in [0.3, 0.4) is 0 Å². The van der Waals surface area contributed by atoms with Crippen molar-refractivity contribution in [3.63, 3.8) is 0 Å². The summed E-state index contributed by atoms with van der Waals surface area (Å²) >= 11 is 0. The number of rotatable bonds is 4. The number of fused-ring (bicyclic) bond motifs is 1. The Kier molecular flexibility index (Phi) is 4.69. The average molecular weight is 430 g/mol. The van der Waals surface area contributed by atoms with Gasteiger partial charge < -0.3 is 23.2 Å². The third-order valence-electron chi connectivity index (χ3n) is 5.46. The molecular formula is C21H22N2O6S. The molecule has 9 heteroatoms. The Morgan fingerprint density at radius 1 is 1.07 bits per heavy atom. The average Bonchev–Trinajstić information content (AvgIpc) is 3.44. The summed E-state index contributed by atoms with van der Waals surface area (Å²) in [5, 5.41) is -0.111. The first-order valence-corrected chi connectivity index (χ1v) is 11.4. The minimum Gasteiger partial charge on any atom is -0.486 e. The van der Waals surface area contributed by atoms with E-state index in [9.17, 15) is 8.42 Å². The van der Waals surface area contributed by atoms with Crippen molar-refractivity contribution in [2.24, 2.45) is 5.92 Å². The summed E-state index contributed by atoms with van der Waals surface area (Å²) in [4.78, 5) is 6.37. The molecule has 2 aliphatic rings. The maximum absolute atomic E-state index is 13.6. The van der Waals surface area contributed by atoms with Crippen molar-refractivity contribution >= 4 is 15.7 Å². The number of ether oxygens (including phenoxy) is 2. The van der Waals surface area contributed by atoms with E-state index in [0.29, 0.717) is 49.5 Å². The number of sulfone groups is 1. The number of aromatic nitrogens is 1. The summed E-state index contributed by atoms with van der Waals surface area (Å²) in [5.74, 6) is 2.30. The van der Waals surface area contributed by atoms with E-state index in [-0.39, 0.29) is 21.7 Å². The lowest BCUT2D eigenvalue weighted by atomic mass is 9.99. The summed E-state index contributed by atoms with van der Waals surface area (Å²) in [6.45, 7) is 4.42. The van der Waals surface area contributed by atoms with Crippen LogP contribution in [0, 0.1) is 5.92 Å². The first-order chi connectivity index (χ1) is 14.5. The topological polar surface area (TPSA) is 95.0 Å². The van der Waals surface area contributed by atoms with Crippen molar-refractivity contribution in [2.45, 2.75) is 29.7 Å². The molecule has 0 atom stereocenters. The molecule has 0 radical (unpaired) electrons. The van der Waals surface area contributed by atoms with Gasteiger partial charge in [-0.3, -0.25) is 0 Å². The van der Waals surface area contributed by atoms with Gasteiger partial charge in [0.2, 0.25) is 20.7 Å². The minimum absolute atomic E-state index is 0.0812. The fourth-order valence-corrected chi connectivity index (χ4v) is 5.03. The van der Waals surface area contributed by atoms with Crippen LogP contribution in [0.1, 0.15) is 19.8 Å². The van der Waals surface area contributed by atoms with Crippen molar-refractivity contribution in [1.82, 2.24) is 4.98 Å². The van der Waals surface area contributed by atoms with E-state index in [2.05, 4.69) is 11.9 Å². The molecule has 158 valence electrons. The number of hydrogen-bond acceptors (Lipinski definition) is 8. The van der Waals surface area contributed by atoms with Crippen molar-refractivity contribution in [2.75, 3.05) is 31.2 Å². The summed E-state index contributed by atoms with van der Waals surface area (Å²) < 4.78 is 49.5. The van der Waals surface area contributed by atoms with Crippen LogP contribution in [0.2, 0.25) is 0 Å². The second kappa shape index (κ2) is 7.39. The Bertz CT molecular complexity index is 1140. The van der Waals surface area contributed by atoms with E-state index >= 15 is 0 Å². The number of anilines is 1. The van der Waals surface area contributed by atoms with E-state index in [1.54, 1.807) is 18.2 Å². The number of piperidine rings is 1. The van der Waals surface area contributed by atoms with Gasteiger partial charge in [-0.2, -0.15) is 4.98 Å². The van der Waals surface area contributed by atoms with Crippen molar-refractivity contribution < 1.29 is 26.7 Å². The highest BCUT2D eigenvalue weighted by atomic mass is 32.2. The highest BCUT2D eigenvalue weighted by Gasteiger charge is 2.34. The molecule has 2 aromatic heterocycles. The maximum Gasteiger partial charge on any atom is 0.266 e. The summed E-state index contributed by atoms with van der Waals surface area (Å²) in [6, 6.07) is 7.99. The Morgan fingerprint density at radius 3 is 2.57 bits per heavy atom. The van der Waals surface area contributed by atoms with Gasteiger partial charge >= 0.3 is 0 Å². The molecule has 0 N–H and O–H groups in total. The molecule has 5 rings (SSSR count). The van der Waals surface area contributed by atoms with E-state index in [1.165, 1.54) is 18.4 Å². The van der Waals surface area contributed by atoms with Gasteiger partial charge in [-0.1, -0.05) is 6.92 Å². The predicted molar refractivity (Wildman–Crippen MR) is 108 cm³/mol. The van der Waals surface area contributed by atoms with E-state index in [1.807, 2.05) is 4.90 Å². The largest absolute Gasteiger partial charge is 0.486 e. The molecule has 1 aromatic carbocycles. The Labute approximate surface area is 174 Å². The van der Waals surface area contributed by atoms with Gasteiger partial charge in [-0.15, -0.1) is 0 Å². The lowest BCUT2D eigenvalue weighted by Crippen LogP contribution is -2.33. The lowest BCUT2D eigenvalue weighted by molar-refractivity contribution is 0.171. The van der Waals surface area contributed by atoms with Crippen molar-refractivity contribution in [3.8, 4) is 23.1 Å². The van der Waals surface area contributed by atoms with Crippen molar-refractivity contribution in [1.29, 1.82) is 0 Å². The molecule has 2 aliphatic heterocycles. The molecule has 8 nitrogen and oxygen atoms in total. The first-order valence-electron chi connectivity index (χ1n) is 9.97. The molecule has 3 aromatic rings. The van der Waals surface area contributed by atoms with Crippen LogP contribution in [-0.4, -0.2) is 39.7 Å². The number of benzene rings is 1. The van der Waals surface area contributed by atoms with Crippen LogP contribution >= 0.6 is 0 Å². The third-order valence-corrected chi connectivity index (χ3v) is 7.11. The summed E-state index contributed by atoms with van der Waals surface area (Å²) in [6.07, 6.45) is 3.41. The van der Waals surface area contributed by atoms with E-state index < -0.39 is 9.84 Å². The molecule has 0 saturated carbocycles. The quantitative estimate of drug-likeness (QED) is 0.617. The molecule has 0 unspecified atom stereocenters. The monoisotopic (exact) mass is 430 g/mol. The number of hydrogen-bond donors (Lipinski definition) is 0. The van der Waals surface area contributed by atoms with Gasteiger partial charge in [0.15, 0.2) is 17.3 Å². The molecule has 1 saturated heterocycles. The normalized spacial score (nSPS) is 17.3. The fourth-order valence-electron chi connectivity index (χ4n) is 3.69.